The molecule has 0 heterocycles. The van der Waals surface area contributed by atoms with Crippen LogP contribution in [0.4, 0.5) is 10.1 Å². The lowest BCUT2D eigenvalue weighted by atomic mass is 10.1. The Bertz CT molecular complexity index is 780. The van der Waals surface area contributed by atoms with Crippen molar-refractivity contribution < 1.29 is 23.5 Å². The molecule has 0 fully saturated rings. The number of hydrogen-bond acceptors (Lipinski definition) is 4. The molecule has 0 unspecified atom stereocenters. The van der Waals surface area contributed by atoms with Gasteiger partial charge in [-0.1, -0.05) is 23.7 Å². The quantitative estimate of drug-likeness (QED) is 0.739. The Kier molecular flexibility index (Phi) is 6.97. The van der Waals surface area contributed by atoms with E-state index in [0.29, 0.717) is 22.9 Å². The lowest BCUT2D eigenvalue weighted by molar-refractivity contribution is -0.153. The van der Waals surface area contributed by atoms with Crippen LogP contribution in [0.25, 0.3) is 0 Å². The van der Waals surface area contributed by atoms with E-state index in [1.807, 2.05) is 0 Å². The molecule has 2 aromatic carbocycles. The van der Waals surface area contributed by atoms with Crippen LogP contribution in [0.2, 0.25) is 5.02 Å². The van der Waals surface area contributed by atoms with Gasteiger partial charge in [-0.25, -0.2) is 4.39 Å². The van der Waals surface area contributed by atoms with Crippen LogP contribution in [0.15, 0.2) is 42.5 Å². The van der Waals surface area contributed by atoms with Crippen molar-refractivity contribution in [1.29, 1.82) is 0 Å². The van der Waals surface area contributed by atoms with Crippen molar-refractivity contribution in [3.05, 3.63) is 58.9 Å². The summed E-state index contributed by atoms with van der Waals surface area (Å²) in [5.41, 5.74) is 1.20. The van der Waals surface area contributed by atoms with Crippen LogP contribution < -0.4 is 10.1 Å². The third-order valence-electron chi connectivity index (χ3n) is 3.63. The summed E-state index contributed by atoms with van der Waals surface area (Å²) >= 11 is 5.91. The number of nitrogens with one attached hydrogen (secondary N) is 1. The molecule has 2 aromatic rings. The van der Waals surface area contributed by atoms with Crippen molar-refractivity contribution in [3.63, 3.8) is 0 Å². The first-order chi connectivity index (χ1) is 12.4. The average molecular weight is 380 g/mol. The highest BCUT2D eigenvalue weighted by Gasteiger charge is 2.19. The van der Waals surface area contributed by atoms with Gasteiger partial charge < -0.3 is 14.8 Å². The van der Waals surface area contributed by atoms with Crippen molar-refractivity contribution in [3.8, 4) is 5.75 Å². The smallest absolute Gasteiger partial charge is 0.306 e. The molecule has 0 saturated heterocycles. The maximum atomic E-state index is 12.9. The molecule has 0 spiro atoms. The van der Waals surface area contributed by atoms with E-state index in [1.54, 1.807) is 30.3 Å². The van der Waals surface area contributed by atoms with Crippen LogP contribution in [-0.2, 0) is 20.7 Å². The van der Waals surface area contributed by atoms with Crippen LogP contribution in [0, 0.1) is 5.82 Å². The lowest BCUT2D eigenvalue weighted by Crippen LogP contribution is -2.30. The fourth-order valence-electron chi connectivity index (χ4n) is 2.22. The van der Waals surface area contributed by atoms with Gasteiger partial charge in [0.1, 0.15) is 11.6 Å². The van der Waals surface area contributed by atoms with E-state index < -0.39 is 18.0 Å². The van der Waals surface area contributed by atoms with Crippen molar-refractivity contribution in [2.24, 2.45) is 0 Å². The van der Waals surface area contributed by atoms with Crippen molar-refractivity contribution in [2.45, 2.75) is 25.9 Å². The van der Waals surface area contributed by atoms with Gasteiger partial charge in [-0.05, 0) is 49.2 Å². The Balaban J connectivity index is 1.87. The Morgan fingerprint density at radius 1 is 1.19 bits per heavy atom. The molecule has 2 rings (SSSR count). The predicted octanol–water partition coefficient (Wildman–Crippen LogP) is 3.99. The number of esters is 1. The van der Waals surface area contributed by atoms with Crippen LogP contribution in [0.3, 0.4) is 0 Å². The molecular weight excluding hydrogens is 361 g/mol. The highest BCUT2D eigenvalue weighted by molar-refractivity contribution is 6.31. The first-order valence-corrected chi connectivity index (χ1v) is 8.35. The van der Waals surface area contributed by atoms with Crippen molar-refractivity contribution in [2.75, 3.05) is 12.4 Å². The van der Waals surface area contributed by atoms with Crippen molar-refractivity contribution in [1.82, 2.24) is 0 Å². The minimum absolute atomic E-state index is 0.0870. The first-order valence-electron chi connectivity index (χ1n) is 7.97. The van der Waals surface area contributed by atoms with Gasteiger partial charge in [-0.3, -0.25) is 9.59 Å². The summed E-state index contributed by atoms with van der Waals surface area (Å²) in [6, 6.07) is 10.7. The van der Waals surface area contributed by atoms with Gasteiger partial charge >= 0.3 is 5.97 Å². The Hall–Kier alpha value is -2.60. The molecule has 1 amide bonds. The summed E-state index contributed by atoms with van der Waals surface area (Å²) in [6.45, 7) is 1.47. The molecule has 26 heavy (non-hydrogen) atoms. The van der Waals surface area contributed by atoms with Gasteiger partial charge in [0.25, 0.3) is 5.91 Å². The number of benzene rings is 2. The van der Waals surface area contributed by atoms with Crippen LogP contribution >= 0.6 is 11.6 Å². The number of anilines is 1. The minimum atomic E-state index is -0.987. The summed E-state index contributed by atoms with van der Waals surface area (Å²) in [5.74, 6) is -0.911. The summed E-state index contributed by atoms with van der Waals surface area (Å²) in [5, 5.41) is 3.06. The zero-order chi connectivity index (χ0) is 19.1. The molecule has 0 aliphatic carbocycles. The summed E-state index contributed by atoms with van der Waals surface area (Å²) in [6.07, 6.45) is -0.501. The number of aryl methyl sites for hydroxylation is 1. The van der Waals surface area contributed by atoms with E-state index in [9.17, 15) is 14.0 Å². The Morgan fingerprint density at radius 2 is 1.88 bits per heavy atom. The number of carbonyl (C=O) groups excluding carboxylic acids is 2. The molecule has 138 valence electrons. The molecule has 7 heteroatoms. The van der Waals surface area contributed by atoms with Gasteiger partial charge in [0.15, 0.2) is 6.10 Å². The maximum absolute atomic E-state index is 12.9. The van der Waals surface area contributed by atoms with Crippen LogP contribution in [0.5, 0.6) is 5.75 Å². The zero-order valence-electron chi connectivity index (χ0n) is 14.4. The molecule has 0 aliphatic rings. The average Bonchev–Trinajstić information content (AvgIpc) is 2.61. The van der Waals surface area contributed by atoms with Gasteiger partial charge in [-0.2, -0.15) is 0 Å². The van der Waals surface area contributed by atoms with E-state index in [2.05, 4.69) is 5.32 Å². The van der Waals surface area contributed by atoms with E-state index in [4.69, 9.17) is 21.1 Å². The third kappa shape index (κ3) is 5.74. The van der Waals surface area contributed by atoms with Crippen LogP contribution in [0.1, 0.15) is 18.9 Å². The van der Waals surface area contributed by atoms with E-state index in [-0.39, 0.29) is 12.2 Å². The topological polar surface area (TPSA) is 64.6 Å². The highest BCUT2D eigenvalue weighted by atomic mass is 35.5. The predicted molar refractivity (Wildman–Crippen MR) is 96.9 cm³/mol. The lowest BCUT2D eigenvalue weighted by Gasteiger charge is -2.15. The molecule has 0 aromatic heterocycles. The SMILES string of the molecule is COc1ccc(Cl)cc1NC(=O)[C@@H](C)OC(=O)CCc1ccc(F)cc1. The van der Waals surface area contributed by atoms with E-state index in [0.717, 1.165) is 5.56 Å². The Morgan fingerprint density at radius 3 is 2.54 bits per heavy atom. The number of halogens is 2. The van der Waals surface area contributed by atoms with E-state index in [1.165, 1.54) is 26.2 Å². The number of amides is 1. The molecule has 1 N–H and O–H groups in total. The summed E-state index contributed by atoms with van der Waals surface area (Å²) in [4.78, 5) is 24.1. The molecule has 0 saturated carbocycles. The van der Waals surface area contributed by atoms with Gasteiger partial charge in [-0.15, -0.1) is 0 Å². The fourth-order valence-corrected chi connectivity index (χ4v) is 2.39. The number of methoxy groups -OCH3 is 1. The number of ether oxygens (including phenoxy) is 2. The summed E-state index contributed by atoms with van der Waals surface area (Å²) < 4.78 is 23.1. The van der Waals surface area contributed by atoms with Crippen LogP contribution in [-0.4, -0.2) is 25.1 Å². The van der Waals surface area contributed by atoms with Crippen molar-refractivity contribution >= 4 is 29.2 Å². The third-order valence-corrected chi connectivity index (χ3v) is 3.86. The molecule has 5 nitrogen and oxygen atoms in total. The molecule has 0 aliphatic heterocycles. The number of carbonyl (C=O) groups is 2. The second-order valence-corrected chi connectivity index (χ2v) is 6.03. The molecule has 1 atom stereocenters. The number of rotatable bonds is 7. The van der Waals surface area contributed by atoms with Gasteiger partial charge in [0.2, 0.25) is 0 Å². The van der Waals surface area contributed by atoms with E-state index >= 15 is 0 Å². The molecule has 0 radical (unpaired) electrons. The first kappa shape index (κ1) is 19.7. The monoisotopic (exact) mass is 379 g/mol. The fraction of sp³-hybridized carbons (Fsp3) is 0.263. The largest absolute Gasteiger partial charge is 0.495 e. The van der Waals surface area contributed by atoms with Gasteiger partial charge in [0, 0.05) is 11.4 Å². The number of hydrogen-bond donors (Lipinski definition) is 1. The normalized spacial score (nSPS) is 11.5. The minimum Gasteiger partial charge on any atom is -0.495 e. The summed E-state index contributed by atoms with van der Waals surface area (Å²) in [7, 11) is 1.47. The molecule has 0 bridgehead atoms. The highest BCUT2D eigenvalue weighted by Crippen LogP contribution is 2.27. The molecular formula is C19H19ClFNO4. The van der Waals surface area contributed by atoms with Gasteiger partial charge in [0.05, 0.1) is 12.8 Å². The standard InChI is InChI=1S/C19H19ClFNO4/c1-12(19(24)22-16-11-14(20)6-9-17(16)25-2)26-18(23)10-5-13-3-7-15(21)8-4-13/h3-4,6-9,11-12H,5,10H2,1-2H3,(H,22,24)/t12-/m1/s1. The Labute approximate surface area is 156 Å². The maximum Gasteiger partial charge on any atom is 0.306 e. The second kappa shape index (κ2) is 9.20. The zero-order valence-corrected chi connectivity index (χ0v) is 15.2. The second-order valence-electron chi connectivity index (χ2n) is 5.59.